The van der Waals surface area contributed by atoms with Crippen LogP contribution in [-0.2, 0) is 13.1 Å². The maximum atomic E-state index is 12.1. The summed E-state index contributed by atoms with van der Waals surface area (Å²) in [5.74, 6) is 0.999. The Balaban J connectivity index is 1.85. The summed E-state index contributed by atoms with van der Waals surface area (Å²) >= 11 is 0. The molecule has 0 aliphatic heterocycles. The van der Waals surface area contributed by atoms with Crippen molar-refractivity contribution in [3.8, 4) is 11.4 Å². The minimum atomic E-state index is -0.504. The second kappa shape index (κ2) is 8.57. The molecule has 2 aromatic heterocycles. The molecule has 7 heteroatoms. The lowest BCUT2D eigenvalue weighted by molar-refractivity contribution is 0.100. The molecule has 2 heterocycles. The first-order chi connectivity index (χ1) is 15.0. The summed E-state index contributed by atoms with van der Waals surface area (Å²) in [6.45, 7) is 5.11. The minimum Gasteiger partial charge on any atom is -0.366 e. The van der Waals surface area contributed by atoms with Gasteiger partial charge in [-0.1, -0.05) is 50.2 Å². The number of nitrogens with two attached hydrogens (primary N) is 2. The van der Waals surface area contributed by atoms with E-state index in [-0.39, 0.29) is 12.5 Å². The van der Waals surface area contributed by atoms with Crippen molar-refractivity contribution in [2.45, 2.75) is 32.9 Å². The third kappa shape index (κ3) is 4.00. The Labute approximate surface area is 180 Å². The summed E-state index contributed by atoms with van der Waals surface area (Å²) in [6.07, 6.45) is 1.84. The van der Waals surface area contributed by atoms with Crippen LogP contribution in [0.4, 0.5) is 5.82 Å². The summed E-state index contributed by atoms with van der Waals surface area (Å²) < 4.78 is 0. The van der Waals surface area contributed by atoms with Crippen LogP contribution in [0.25, 0.3) is 22.3 Å². The van der Waals surface area contributed by atoms with Crippen molar-refractivity contribution >= 4 is 22.6 Å². The molecule has 2 aromatic carbocycles. The maximum Gasteiger partial charge on any atom is 0.249 e. The molecule has 0 bridgehead atoms. The van der Waals surface area contributed by atoms with Gasteiger partial charge in [-0.2, -0.15) is 0 Å². The highest BCUT2D eigenvalue weighted by molar-refractivity contribution is 6.11. The number of H-pyrrole nitrogens is 1. The van der Waals surface area contributed by atoms with Gasteiger partial charge in [0, 0.05) is 52.6 Å². The molecule has 0 unspecified atom stereocenters. The highest BCUT2D eigenvalue weighted by atomic mass is 16.1. The Morgan fingerprint density at radius 3 is 2.58 bits per heavy atom. The van der Waals surface area contributed by atoms with Crippen molar-refractivity contribution in [1.82, 2.24) is 15.0 Å². The Hall–Kier alpha value is -3.71. The third-order valence-electron chi connectivity index (χ3n) is 5.34. The number of aromatic nitrogens is 3. The maximum absolute atomic E-state index is 12.1. The summed E-state index contributed by atoms with van der Waals surface area (Å²) in [6, 6.07) is 15.5. The average molecular weight is 415 g/mol. The smallest absolute Gasteiger partial charge is 0.249 e. The van der Waals surface area contributed by atoms with Crippen LogP contribution in [-0.4, -0.2) is 20.9 Å². The molecule has 158 valence electrons. The van der Waals surface area contributed by atoms with Gasteiger partial charge in [-0.05, 0) is 23.6 Å². The predicted molar refractivity (Wildman–Crippen MR) is 124 cm³/mol. The molecule has 0 saturated heterocycles. The Kier molecular flexibility index (Phi) is 5.68. The lowest BCUT2D eigenvalue weighted by Crippen LogP contribution is -2.12. The number of primary amides is 1. The van der Waals surface area contributed by atoms with E-state index in [0.29, 0.717) is 28.9 Å². The number of hydrogen-bond acceptors (Lipinski definition) is 5. The number of nitrogens with one attached hydrogen (secondary N) is 2. The van der Waals surface area contributed by atoms with Crippen molar-refractivity contribution in [2.24, 2.45) is 11.5 Å². The topological polar surface area (TPSA) is 123 Å². The zero-order chi connectivity index (χ0) is 22.0. The monoisotopic (exact) mass is 414 g/mol. The second-order valence-electron chi connectivity index (χ2n) is 7.77. The fourth-order valence-corrected chi connectivity index (χ4v) is 3.76. The van der Waals surface area contributed by atoms with Crippen LogP contribution in [0, 0.1) is 0 Å². The molecule has 0 spiro atoms. The highest BCUT2D eigenvalue weighted by Crippen LogP contribution is 2.34. The van der Waals surface area contributed by atoms with E-state index in [4.69, 9.17) is 16.5 Å². The van der Waals surface area contributed by atoms with Gasteiger partial charge in [0.25, 0.3) is 0 Å². The van der Waals surface area contributed by atoms with Crippen LogP contribution in [0.5, 0.6) is 0 Å². The van der Waals surface area contributed by atoms with E-state index in [2.05, 4.69) is 41.3 Å². The first-order valence-corrected chi connectivity index (χ1v) is 10.3. The molecule has 4 rings (SSSR count). The van der Waals surface area contributed by atoms with Crippen LogP contribution < -0.4 is 16.8 Å². The molecular formula is C24H26N6O. The van der Waals surface area contributed by atoms with E-state index >= 15 is 0 Å². The van der Waals surface area contributed by atoms with Crippen molar-refractivity contribution < 1.29 is 4.79 Å². The number of benzene rings is 2. The fourth-order valence-electron chi connectivity index (χ4n) is 3.76. The molecule has 0 fully saturated rings. The van der Waals surface area contributed by atoms with E-state index in [0.717, 1.165) is 28.2 Å². The molecule has 31 heavy (non-hydrogen) atoms. The second-order valence-corrected chi connectivity index (χ2v) is 7.77. The number of hydrogen-bond donors (Lipinski definition) is 4. The predicted octanol–water partition coefficient (Wildman–Crippen LogP) is 3.92. The van der Waals surface area contributed by atoms with E-state index < -0.39 is 5.91 Å². The van der Waals surface area contributed by atoms with Crippen LogP contribution >= 0.6 is 0 Å². The zero-order valence-corrected chi connectivity index (χ0v) is 17.6. The van der Waals surface area contributed by atoms with Gasteiger partial charge in [0.15, 0.2) is 5.82 Å². The number of anilines is 1. The van der Waals surface area contributed by atoms with Crippen LogP contribution in [0.15, 0.2) is 54.7 Å². The van der Waals surface area contributed by atoms with Crippen molar-refractivity contribution in [3.05, 3.63) is 77.1 Å². The number of aromatic amines is 1. The molecule has 0 aliphatic rings. The third-order valence-corrected chi connectivity index (χ3v) is 5.34. The molecular weight excluding hydrogens is 388 g/mol. The quantitative estimate of drug-likeness (QED) is 0.365. The SMILES string of the molecule is CC(C)c1cnc(-c2c(CN)[nH]c3cccc(C(N)=O)c23)nc1NCc1ccccc1. The van der Waals surface area contributed by atoms with Crippen molar-refractivity contribution in [1.29, 1.82) is 0 Å². The van der Waals surface area contributed by atoms with E-state index in [1.807, 2.05) is 30.5 Å². The van der Waals surface area contributed by atoms with E-state index in [1.54, 1.807) is 12.1 Å². The van der Waals surface area contributed by atoms with E-state index in [1.165, 1.54) is 0 Å². The van der Waals surface area contributed by atoms with Gasteiger partial charge >= 0.3 is 0 Å². The molecule has 7 nitrogen and oxygen atoms in total. The summed E-state index contributed by atoms with van der Waals surface area (Å²) in [5, 5.41) is 4.15. The first-order valence-electron chi connectivity index (χ1n) is 10.3. The number of nitrogens with zero attached hydrogens (tertiary/aromatic N) is 2. The van der Waals surface area contributed by atoms with Gasteiger partial charge in [0.2, 0.25) is 5.91 Å². The van der Waals surface area contributed by atoms with Crippen LogP contribution in [0.2, 0.25) is 0 Å². The Morgan fingerprint density at radius 2 is 1.90 bits per heavy atom. The molecule has 4 aromatic rings. The minimum absolute atomic E-state index is 0.241. The molecule has 6 N–H and O–H groups in total. The molecule has 1 amide bonds. The molecule has 0 radical (unpaired) electrons. The van der Waals surface area contributed by atoms with Crippen molar-refractivity contribution in [2.75, 3.05) is 5.32 Å². The largest absolute Gasteiger partial charge is 0.366 e. The summed E-state index contributed by atoms with van der Waals surface area (Å²) in [7, 11) is 0. The lowest BCUT2D eigenvalue weighted by atomic mass is 10.0. The number of carbonyl (C=O) groups is 1. The fraction of sp³-hybridized carbons (Fsp3) is 0.208. The van der Waals surface area contributed by atoms with Gasteiger partial charge in [0.1, 0.15) is 5.82 Å². The zero-order valence-electron chi connectivity index (χ0n) is 17.6. The lowest BCUT2D eigenvalue weighted by Gasteiger charge is -2.15. The Morgan fingerprint density at radius 1 is 1.13 bits per heavy atom. The van der Waals surface area contributed by atoms with Gasteiger partial charge in [-0.15, -0.1) is 0 Å². The van der Waals surface area contributed by atoms with Crippen LogP contribution in [0.1, 0.15) is 46.9 Å². The van der Waals surface area contributed by atoms with Gasteiger partial charge < -0.3 is 21.8 Å². The average Bonchev–Trinajstić information content (AvgIpc) is 3.16. The van der Waals surface area contributed by atoms with E-state index in [9.17, 15) is 4.79 Å². The van der Waals surface area contributed by atoms with Crippen LogP contribution in [0.3, 0.4) is 0 Å². The molecule has 0 atom stereocenters. The van der Waals surface area contributed by atoms with Gasteiger partial charge in [-0.25, -0.2) is 9.97 Å². The molecule has 0 aliphatic carbocycles. The first kappa shape index (κ1) is 20.6. The Bertz CT molecular complexity index is 1230. The number of fused-ring (bicyclic) bond motifs is 1. The van der Waals surface area contributed by atoms with Crippen molar-refractivity contribution in [3.63, 3.8) is 0 Å². The standard InChI is InChI=1S/C24H26N6O/c1-14(2)17-13-28-24(30-23(17)27-12-15-7-4-3-5-8-15)21-19(11-25)29-18-10-6-9-16(20(18)21)22(26)31/h3-10,13-14,29H,11-12,25H2,1-2H3,(H2,26,31)(H,27,28,30). The normalized spacial score (nSPS) is 11.2. The summed E-state index contributed by atoms with van der Waals surface area (Å²) in [5.41, 5.74) is 16.5. The molecule has 0 saturated carbocycles. The van der Waals surface area contributed by atoms with Gasteiger partial charge in [-0.3, -0.25) is 4.79 Å². The number of rotatable bonds is 7. The number of carbonyl (C=O) groups excluding carboxylic acids is 1. The number of amides is 1. The highest BCUT2D eigenvalue weighted by Gasteiger charge is 2.21. The van der Waals surface area contributed by atoms with Gasteiger partial charge in [0.05, 0.1) is 0 Å². The summed E-state index contributed by atoms with van der Waals surface area (Å²) in [4.78, 5) is 24.9.